The van der Waals surface area contributed by atoms with E-state index in [0.29, 0.717) is 34.3 Å². The Kier molecular flexibility index (Phi) is 8.30. The molecule has 0 saturated carbocycles. The van der Waals surface area contributed by atoms with Crippen LogP contribution in [0.15, 0.2) is 64.9 Å². The zero-order valence-corrected chi connectivity index (χ0v) is 21.9. The van der Waals surface area contributed by atoms with Crippen LogP contribution in [0.3, 0.4) is 0 Å². The molecule has 1 N–H and O–H groups in total. The van der Waals surface area contributed by atoms with Crippen molar-refractivity contribution in [2.75, 3.05) is 18.5 Å². The van der Waals surface area contributed by atoms with Crippen molar-refractivity contribution in [3.8, 4) is 5.75 Å². The molecule has 2 aromatic carbocycles. The molecule has 0 unspecified atom stereocenters. The maximum absolute atomic E-state index is 13.3. The highest BCUT2D eigenvalue weighted by Gasteiger charge is 2.26. The Bertz CT molecular complexity index is 1320. The summed E-state index contributed by atoms with van der Waals surface area (Å²) in [5.74, 6) is -0.373. The maximum atomic E-state index is 13.3. The summed E-state index contributed by atoms with van der Waals surface area (Å²) in [7, 11) is -4.20. The highest BCUT2D eigenvalue weighted by molar-refractivity contribution is 7.87. The molecule has 2 amide bonds. The fourth-order valence-corrected chi connectivity index (χ4v) is 5.69. The molecule has 36 heavy (non-hydrogen) atoms. The van der Waals surface area contributed by atoms with Gasteiger partial charge in [-0.3, -0.25) is 9.59 Å². The minimum Gasteiger partial charge on any atom is -0.379 e. The Labute approximate surface area is 218 Å². The van der Waals surface area contributed by atoms with Gasteiger partial charge in [-0.2, -0.15) is 8.42 Å². The SMILES string of the molecule is CC(=O)Nc1ccc(S(=O)(=O)Oc2ccc(Cl)cc2CN(C[C@H]2CCCO2)C(=O)c2cccs2)cc1. The third-order valence-electron chi connectivity index (χ3n) is 5.51. The van der Waals surface area contributed by atoms with Crippen molar-refractivity contribution < 1.29 is 26.9 Å². The Morgan fingerprint density at radius 2 is 1.97 bits per heavy atom. The lowest BCUT2D eigenvalue weighted by molar-refractivity contribution is -0.114. The van der Waals surface area contributed by atoms with Gasteiger partial charge in [-0.25, -0.2) is 0 Å². The molecule has 0 bridgehead atoms. The third kappa shape index (κ3) is 6.64. The quantitative estimate of drug-likeness (QED) is 0.380. The van der Waals surface area contributed by atoms with Crippen LogP contribution in [0.2, 0.25) is 5.02 Å². The van der Waals surface area contributed by atoms with E-state index < -0.39 is 10.1 Å². The molecular weight excluding hydrogens is 524 g/mol. The first-order chi connectivity index (χ1) is 17.2. The van der Waals surface area contributed by atoms with Crippen molar-refractivity contribution >= 4 is 50.6 Å². The van der Waals surface area contributed by atoms with Crippen LogP contribution < -0.4 is 9.50 Å². The standard InChI is InChI=1S/C25H25ClN2O6S2/c1-17(29)27-20-7-9-22(10-8-20)36(31,32)34-23-11-6-19(26)14-18(23)15-28(16-21-4-2-12-33-21)25(30)24-5-3-13-35-24/h3,5-11,13-14,21H,2,4,12,15-16H2,1H3,(H,27,29)/t21-/m1/s1. The van der Waals surface area contributed by atoms with Crippen LogP contribution in [-0.2, 0) is 26.2 Å². The van der Waals surface area contributed by atoms with Crippen molar-refractivity contribution in [2.24, 2.45) is 0 Å². The van der Waals surface area contributed by atoms with Crippen LogP contribution in [0.1, 0.15) is 35.0 Å². The molecule has 2 heterocycles. The number of carbonyl (C=O) groups is 2. The van der Waals surface area contributed by atoms with Gasteiger partial charge in [0, 0.05) is 42.9 Å². The topological polar surface area (TPSA) is 102 Å². The number of halogens is 1. The minimum absolute atomic E-state index is 0.0710. The second-order valence-electron chi connectivity index (χ2n) is 8.29. The fraction of sp³-hybridized carbons (Fsp3) is 0.280. The number of benzene rings is 2. The molecule has 1 fully saturated rings. The zero-order valence-electron chi connectivity index (χ0n) is 19.5. The van der Waals surface area contributed by atoms with E-state index in [2.05, 4.69) is 5.32 Å². The Balaban J connectivity index is 1.59. The monoisotopic (exact) mass is 548 g/mol. The van der Waals surface area contributed by atoms with Gasteiger partial charge in [0.15, 0.2) is 0 Å². The summed E-state index contributed by atoms with van der Waals surface area (Å²) in [5, 5.41) is 4.80. The van der Waals surface area contributed by atoms with Crippen molar-refractivity contribution in [3.05, 3.63) is 75.4 Å². The number of ether oxygens (including phenoxy) is 1. The first-order valence-electron chi connectivity index (χ1n) is 11.3. The fourth-order valence-electron chi connectivity index (χ4n) is 3.84. The number of hydrogen-bond donors (Lipinski definition) is 1. The molecule has 0 spiro atoms. The number of anilines is 1. The average molecular weight is 549 g/mol. The van der Waals surface area contributed by atoms with E-state index in [9.17, 15) is 18.0 Å². The molecule has 1 saturated heterocycles. The summed E-state index contributed by atoms with van der Waals surface area (Å²) >= 11 is 7.57. The Morgan fingerprint density at radius 1 is 1.19 bits per heavy atom. The van der Waals surface area contributed by atoms with Gasteiger partial charge in [0.25, 0.3) is 5.91 Å². The summed E-state index contributed by atoms with van der Waals surface area (Å²) in [6, 6.07) is 13.8. The first kappa shape index (κ1) is 26.2. The smallest absolute Gasteiger partial charge is 0.339 e. The van der Waals surface area contributed by atoms with Gasteiger partial charge in [0.1, 0.15) is 10.6 Å². The first-order valence-corrected chi connectivity index (χ1v) is 13.9. The van der Waals surface area contributed by atoms with Crippen LogP contribution in [0.5, 0.6) is 5.75 Å². The van der Waals surface area contributed by atoms with Crippen molar-refractivity contribution in [1.29, 1.82) is 0 Å². The molecule has 0 radical (unpaired) electrons. The van der Waals surface area contributed by atoms with E-state index in [4.69, 9.17) is 20.5 Å². The lowest BCUT2D eigenvalue weighted by Gasteiger charge is -2.26. The van der Waals surface area contributed by atoms with Crippen LogP contribution in [0.25, 0.3) is 0 Å². The summed E-state index contributed by atoms with van der Waals surface area (Å²) in [5.41, 5.74) is 0.911. The highest BCUT2D eigenvalue weighted by atomic mass is 35.5. The molecular formula is C25H25ClN2O6S2. The summed E-state index contributed by atoms with van der Waals surface area (Å²) in [4.78, 5) is 26.6. The molecule has 1 atom stereocenters. The molecule has 190 valence electrons. The van der Waals surface area contributed by atoms with Crippen LogP contribution in [-0.4, -0.2) is 44.4 Å². The molecule has 1 aliphatic rings. The predicted octanol–water partition coefficient (Wildman–Crippen LogP) is 4.95. The molecule has 1 aromatic heterocycles. The van der Waals surface area contributed by atoms with E-state index >= 15 is 0 Å². The average Bonchev–Trinajstić information content (AvgIpc) is 3.54. The second-order valence-corrected chi connectivity index (χ2v) is 11.2. The molecule has 8 nitrogen and oxygen atoms in total. The number of carbonyl (C=O) groups excluding carboxylic acids is 2. The van der Waals surface area contributed by atoms with Crippen molar-refractivity contribution in [1.82, 2.24) is 4.90 Å². The van der Waals surface area contributed by atoms with E-state index in [1.165, 1.54) is 54.7 Å². The lowest BCUT2D eigenvalue weighted by Crippen LogP contribution is -2.36. The Hall–Kier alpha value is -2.92. The van der Waals surface area contributed by atoms with Crippen LogP contribution in [0.4, 0.5) is 5.69 Å². The summed E-state index contributed by atoms with van der Waals surface area (Å²) in [6.07, 6.45) is 1.68. The molecule has 1 aliphatic heterocycles. The number of nitrogens with zero attached hydrogens (tertiary/aromatic N) is 1. The third-order valence-corrected chi connectivity index (χ3v) is 7.86. The normalized spacial score (nSPS) is 15.4. The molecule has 11 heteroatoms. The summed E-state index contributed by atoms with van der Waals surface area (Å²) in [6.45, 7) is 2.46. The van der Waals surface area contributed by atoms with Crippen LogP contribution in [0, 0.1) is 0 Å². The largest absolute Gasteiger partial charge is 0.379 e. The highest BCUT2D eigenvalue weighted by Crippen LogP contribution is 2.29. The second kappa shape index (κ2) is 11.4. The number of thiophene rings is 1. The number of nitrogens with one attached hydrogen (secondary N) is 1. The number of amides is 2. The van der Waals surface area contributed by atoms with Gasteiger partial charge in [-0.05, 0) is 66.8 Å². The number of hydrogen-bond acceptors (Lipinski definition) is 7. The predicted molar refractivity (Wildman–Crippen MR) is 138 cm³/mol. The minimum atomic E-state index is -4.20. The van der Waals surface area contributed by atoms with Gasteiger partial charge in [-0.15, -0.1) is 11.3 Å². The molecule has 3 aromatic rings. The number of rotatable bonds is 9. The van der Waals surface area contributed by atoms with Gasteiger partial charge >= 0.3 is 10.1 Å². The molecule has 0 aliphatic carbocycles. The van der Waals surface area contributed by atoms with E-state index in [1.54, 1.807) is 23.1 Å². The van der Waals surface area contributed by atoms with E-state index in [-0.39, 0.29) is 35.1 Å². The summed E-state index contributed by atoms with van der Waals surface area (Å²) < 4.78 is 37.3. The van der Waals surface area contributed by atoms with Gasteiger partial charge in [-0.1, -0.05) is 17.7 Å². The lowest BCUT2D eigenvalue weighted by atomic mass is 10.1. The van der Waals surface area contributed by atoms with Crippen LogP contribution >= 0.6 is 22.9 Å². The van der Waals surface area contributed by atoms with Crippen molar-refractivity contribution in [2.45, 2.75) is 37.3 Å². The van der Waals surface area contributed by atoms with Gasteiger partial charge < -0.3 is 19.1 Å². The van der Waals surface area contributed by atoms with E-state index in [0.717, 1.165) is 12.8 Å². The maximum Gasteiger partial charge on any atom is 0.339 e. The van der Waals surface area contributed by atoms with Gasteiger partial charge in [0.2, 0.25) is 5.91 Å². The van der Waals surface area contributed by atoms with Crippen molar-refractivity contribution in [3.63, 3.8) is 0 Å². The Morgan fingerprint density at radius 3 is 2.61 bits per heavy atom. The van der Waals surface area contributed by atoms with Gasteiger partial charge in [0.05, 0.1) is 11.0 Å². The van der Waals surface area contributed by atoms with E-state index in [1.807, 2.05) is 5.38 Å². The molecule has 4 rings (SSSR count). The zero-order chi connectivity index (χ0) is 25.7.